The number of carbonyl (C=O) groups is 4. The van der Waals surface area contributed by atoms with Crippen LogP contribution in [-0.2, 0) is 4.79 Å². The number of nitrogens with one attached hydrogen (secondary N) is 2. The van der Waals surface area contributed by atoms with E-state index in [0.29, 0.717) is 11.1 Å². The van der Waals surface area contributed by atoms with Crippen molar-refractivity contribution in [1.82, 2.24) is 10.2 Å². The minimum absolute atomic E-state index is 0.0343. The van der Waals surface area contributed by atoms with Gasteiger partial charge >= 0.3 is 6.18 Å². The molecule has 1 aliphatic rings. The highest BCUT2D eigenvalue weighted by Crippen LogP contribution is 2.24. The van der Waals surface area contributed by atoms with E-state index in [9.17, 15) is 32.3 Å². The summed E-state index contributed by atoms with van der Waals surface area (Å²) in [7, 11) is 0. The summed E-state index contributed by atoms with van der Waals surface area (Å²) in [6, 6.07) is 10.7. The molecule has 1 heterocycles. The van der Waals surface area contributed by atoms with E-state index in [1.165, 1.54) is 24.3 Å². The molecular formula is C22H20F3N3O4. The van der Waals surface area contributed by atoms with Crippen LogP contribution in [0.5, 0.6) is 0 Å². The zero-order valence-electron chi connectivity index (χ0n) is 17.1. The van der Waals surface area contributed by atoms with Crippen LogP contribution in [0.3, 0.4) is 0 Å². The summed E-state index contributed by atoms with van der Waals surface area (Å²) in [4.78, 5) is 50.3. The number of para-hydroxylation sites is 1. The van der Waals surface area contributed by atoms with Crippen LogP contribution in [-0.4, -0.2) is 47.8 Å². The van der Waals surface area contributed by atoms with Gasteiger partial charge in [-0.15, -0.1) is 0 Å². The summed E-state index contributed by atoms with van der Waals surface area (Å²) in [5.41, 5.74) is 1.46. The van der Waals surface area contributed by atoms with Gasteiger partial charge < -0.3 is 10.6 Å². The molecule has 168 valence electrons. The molecule has 1 aliphatic heterocycles. The maximum Gasteiger partial charge on any atom is 0.405 e. The van der Waals surface area contributed by atoms with Gasteiger partial charge in [-0.3, -0.25) is 24.1 Å². The fourth-order valence-corrected chi connectivity index (χ4v) is 3.28. The molecule has 0 bridgehead atoms. The Hall–Kier alpha value is -3.69. The van der Waals surface area contributed by atoms with Crippen LogP contribution in [0.2, 0.25) is 0 Å². The molecule has 0 saturated heterocycles. The van der Waals surface area contributed by atoms with E-state index in [1.807, 2.05) is 6.92 Å². The summed E-state index contributed by atoms with van der Waals surface area (Å²) in [5.74, 6) is -2.31. The first-order chi connectivity index (χ1) is 15.1. The molecule has 32 heavy (non-hydrogen) atoms. The first-order valence-corrected chi connectivity index (χ1v) is 9.77. The molecular weight excluding hydrogens is 427 g/mol. The molecule has 2 N–H and O–H groups in total. The SMILES string of the molecule is Cc1ccc2c(c1)C(=O)N(CCCC(=O)Nc1ccccc1C(=O)NCC(F)(F)F)C2=O. The van der Waals surface area contributed by atoms with Gasteiger partial charge in [-0.2, -0.15) is 13.2 Å². The highest BCUT2D eigenvalue weighted by Gasteiger charge is 2.35. The molecule has 7 nitrogen and oxygen atoms in total. The van der Waals surface area contributed by atoms with Crippen LogP contribution >= 0.6 is 0 Å². The lowest BCUT2D eigenvalue weighted by molar-refractivity contribution is -0.123. The van der Waals surface area contributed by atoms with Crippen molar-refractivity contribution in [2.75, 3.05) is 18.4 Å². The van der Waals surface area contributed by atoms with E-state index >= 15 is 0 Å². The van der Waals surface area contributed by atoms with Crippen molar-refractivity contribution >= 4 is 29.3 Å². The number of benzene rings is 2. The summed E-state index contributed by atoms with van der Waals surface area (Å²) in [5, 5.41) is 4.25. The maximum absolute atomic E-state index is 12.5. The number of carbonyl (C=O) groups excluding carboxylic acids is 4. The van der Waals surface area contributed by atoms with Crippen LogP contribution in [0.15, 0.2) is 42.5 Å². The third-order valence-corrected chi connectivity index (χ3v) is 4.81. The average Bonchev–Trinajstić information content (AvgIpc) is 2.96. The van der Waals surface area contributed by atoms with Crippen molar-refractivity contribution in [2.45, 2.75) is 25.9 Å². The summed E-state index contributed by atoms with van der Waals surface area (Å²) in [6.07, 6.45) is -4.44. The Bertz CT molecular complexity index is 1080. The minimum atomic E-state index is -4.56. The second-order valence-corrected chi connectivity index (χ2v) is 7.31. The molecule has 0 fully saturated rings. The monoisotopic (exact) mass is 447 g/mol. The van der Waals surface area contributed by atoms with Crippen LogP contribution in [0.25, 0.3) is 0 Å². The molecule has 4 amide bonds. The summed E-state index contributed by atoms with van der Waals surface area (Å²) in [6.45, 7) is 0.354. The number of fused-ring (bicyclic) bond motifs is 1. The summed E-state index contributed by atoms with van der Waals surface area (Å²) < 4.78 is 37.0. The Morgan fingerprint density at radius 1 is 1.00 bits per heavy atom. The molecule has 10 heteroatoms. The highest BCUT2D eigenvalue weighted by molar-refractivity contribution is 6.21. The van der Waals surface area contributed by atoms with E-state index in [4.69, 9.17) is 0 Å². The standard InChI is InChI=1S/C22H20F3N3O4/c1-13-8-9-14-16(11-13)21(32)28(20(14)31)10-4-7-18(29)27-17-6-3-2-5-15(17)19(30)26-12-22(23,24)25/h2-3,5-6,8-9,11H,4,7,10,12H2,1H3,(H,26,30)(H,27,29). The van der Waals surface area contributed by atoms with Gasteiger partial charge in [0.2, 0.25) is 5.91 Å². The second-order valence-electron chi connectivity index (χ2n) is 7.31. The van der Waals surface area contributed by atoms with Gasteiger partial charge in [-0.1, -0.05) is 23.8 Å². The van der Waals surface area contributed by atoms with Gasteiger partial charge in [0.25, 0.3) is 17.7 Å². The van der Waals surface area contributed by atoms with Crippen molar-refractivity contribution in [3.63, 3.8) is 0 Å². The van der Waals surface area contributed by atoms with Crippen molar-refractivity contribution < 1.29 is 32.3 Å². The largest absolute Gasteiger partial charge is 0.405 e. The van der Waals surface area contributed by atoms with Crippen molar-refractivity contribution in [2.24, 2.45) is 0 Å². The number of halogens is 3. The molecule has 0 radical (unpaired) electrons. The third-order valence-electron chi connectivity index (χ3n) is 4.81. The minimum Gasteiger partial charge on any atom is -0.343 e. The molecule has 0 saturated carbocycles. The van der Waals surface area contributed by atoms with E-state index in [0.717, 1.165) is 10.5 Å². The molecule has 3 rings (SSSR count). The van der Waals surface area contributed by atoms with Gasteiger partial charge in [-0.25, -0.2) is 0 Å². The van der Waals surface area contributed by atoms with Gasteiger partial charge in [-0.05, 0) is 37.6 Å². The molecule has 0 spiro atoms. The van der Waals surface area contributed by atoms with Gasteiger partial charge in [0.1, 0.15) is 6.54 Å². The second kappa shape index (κ2) is 9.21. The Balaban J connectivity index is 1.56. The number of aryl methyl sites for hydroxylation is 1. The van der Waals surface area contributed by atoms with Crippen LogP contribution in [0.4, 0.5) is 18.9 Å². The predicted octanol–water partition coefficient (Wildman–Crippen LogP) is 3.30. The number of nitrogens with zero attached hydrogens (tertiary/aromatic N) is 1. The fourth-order valence-electron chi connectivity index (χ4n) is 3.28. The number of imide groups is 1. The first kappa shape index (κ1) is 23.0. The van der Waals surface area contributed by atoms with Crippen LogP contribution in [0.1, 0.15) is 49.5 Å². The molecule has 0 atom stereocenters. The third kappa shape index (κ3) is 5.32. The van der Waals surface area contributed by atoms with Crippen molar-refractivity contribution in [1.29, 1.82) is 0 Å². The lowest BCUT2D eigenvalue weighted by Gasteiger charge is -2.14. The topological polar surface area (TPSA) is 95.6 Å². The fraction of sp³-hybridized carbons (Fsp3) is 0.273. The van der Waals surface area contributed by atoms with Gasteiger partial charge in [0, 0.05) is 13.0 Å². The molecule has 0 unspecified atom stereocenters. The van der Waals surface area contributed by atoms with E-state index in [-0.39, 0.29) is 30.6 Å². The number of amides is 4. The van der Waals surface area contributed by atoms with Crippen molar-refractivity contribution in [3.05, 3.63) is 64.7 Å². The number of rotatable bonds is 7. The molecule has 0 aromatic heterocycles. The Kier molecular flexibility index (Phi) is 6.61. The highest BCUT2D eigenvalue weighted by atomic mass is 19.4. The zero-order chi connectivity index (χ0) is 23.5. The predicted molar refractivity (Wildman–Crippen MR) is 109 cm³/mol. The lowest BCUT2D eigenvalue weighted by Crippen LogP contribution is -2.34. The smallest absolute Gasteiger partial charge is 0.343 e. The Morgan fingerprint density at radius 2 is 1.69 bits per heavy atom. The van der Waals surface area contributed by atoms with Crippen molar-refractivity contribution in [3.8, 4) is 0 Å². The normalized spacial score (nSPS) is 13.2. The van der Waals surface area contributed by atoms with E-state index in [2.05, 4.69) is 5.32 Å². The zero-order valence-corrected chi connectivity index (χ0v) is 17.1. The molecule has 2 aromatic carbocycles. The number of alkyl halides is 3. The van der Waals surface area contributed by atoms with Crippen LogP contribution < -0.4 is 10.6 Å². The maximum atomic E-state index is 12.5. The van der Waals surface area contributed by atoms with Crippen LogP contribution in [0, 0.1) is 6.92 Å². The average molecular weight is 447 g/mol. The molecule has 2 aromatic rings. The van der Waals surface area contributed by atoms with E-state index in [1.54, 1.807) is 23.5 Å². The Labute approximate surface area is 181 Å². The number of anilines is 1. The number of hydrogen-bond donors (Lipinski definition) is 2. The van der Waals surface area contributed by atoms with Gasteiger partial charge in [0.05, 0.1) is 22.4 Å². The quantitative estimate of drug-likeness (QED) is 0.637. The molecule has 0 aliphatic carbocycles. The van der Waals surface area contributed by atoms with E-state index < -0.39 is 36.3 Å². The van der Waals surface area contributed by atoms with Gasteiger partial charge in [0.15, 0.2) is 0 Å². The number of hydrogen-bond acceptors (Lipinski definition) is 4. The summed E-state index contributed by atoms with van der Waals surface area (Å²) >= 11 is 0. The lowest BCUT2D eigenvalue weighted by atomic mass is 10.1. The first-order valence-electron chi connectivity index (χ1n) is 9.77. The Morgan fingerprint density at radius 3 is 2.41 bits per heavy atom.